The lowest BCUT2D eigenvalue weighted by molar-refractivity contribution is -0.385. The second-order valence-corrected chi connectivity index (χ2v) is 10.5. The molecule has 5 rings (SSSR count). The van der Waals surface area contributed by atoms with Crippen LogP contribution in [0.1, 0.15) is 29.8 Å². The zero-order valence-corrected chi connectivity index (χ0v) is 24.7. The van der Waals surface area contributed by atoms with Crippen molar-refractivity contribution in [3.8, 4) is 34.1 Å². The van der Waals surface area contributed by atoms with Crippen molar-refractivity contribution >= 4 is 28.9 Å². The molecular formula is C32H30N4O8. The highest BCUT2D eigenvalue weighted by Gasteiger charge is 2.39. The molecule has 44 heavy (non-hydrogen) atoms. The van der Waals surface area contributed by atoms with Crippen LogP contribution in [0.2, 0.25) is 0 Å². The zero-order valence-electron chi connectivity index (χ0n) is 24.7. The highest BCUT2D eigenvalue weighted by atomic mass is 16.6. The van der Waals surface area contributed by atoms with Crippen LogP contribution in [0.3, 0.4) is 0 Å². The van der Waals surface area contributed by atoms with Crippen LogP contribution in [0, 0.1) is 10.1 Å². The third kappa shape index (κ3) is 5.69. The molecule has 1 N–H and O–H groups in total. The monoisotopic (exact) mass is 598 g/mol. The SMILES string of the molecule is COc1ccc([N+](=O)[O-])cc1OCc1c(-c2ccc(OC(=O)c3cccnc3)cc2OC)ccc2c1N(C)C(=O)C(C)(C)N2. The van der Waals surface area contributed by atoms with E-state index in [0.717, 1.165) is 0 Å². The van der Waals surface area contributed by atoms with Gasteiger partial charge in [0.2, 0.25) is 0 Å². The number of hydrogen-bond acceptors (Lipinski definition) is 10. The maximum atomic E-state index is 13.3. The molecule has 0 bridgehead atoms. The van der Waals surface area contributed by atoms with Gasteiger partial charge in [0, 0.05) is 42.7 Å². The van der Waals surface area contributed by atoms with Crippen LogP contribution in [-0.4, -0.2) is 48.6 Å². The number of nitro groups is 1. The molecule has 12 heteroatoms. The molecular weight excluding hydrogens is 568 g/mol. The lowest BCUT2D eigenvalue weighted by Gasteiger charge is -2.39. The summed E-state index contributed by atoms with van der Waals surface area (Å²) in [5.74, 6) is 0.383. The van der Waals surface area contributed by atoms with Gasteiger partial charge in [-0.3, -0.25) is 19.9 Å². The molecule has 1 amide bonds. The minimum atomic E-state index is -0.859. The van der Waals surface area contributed by atoms with Gasteiger partial charge in [-0.15, -0.1) is 0 Å². The number of pyridine rings is 1. The van der Waals surface area contributed by atoms with Gasteiger partial charge in [-0.1, -0.05) is 6.07 Å². The molecule has 226 valence electrons. The van der Waals surface area contributed by atoms with E-state index in [-0.39, 0.29) is 29.7 Å². The molecule has 1 aliphatic rings. The number of methoxy groups -OCH3 is 2. The molecule has 0 saturated carbocycles. The first-order valence-electron chi connectivity index (χ1n) is 13.5. The summed E-state index contributed by atoms with van der Waals surface area (Å²) in [7, 11) is 4.62. The molecule has 3 aromatic carbocycles. The van der Waals surface area contributed by atoms with Crippen LogP contribution < -0.4 is 29.2 Å². The third-order valence-corrected chi connectivity index (χ3v) is 7.21. The lowest BCUT2D eigenvalue weighted by atomic mass is 9.91. The topological polar surface area (TPSA) is 142 Å². The molecule has 1 aromatic heterocycles. The van der Waals surface area contributed by atoms with Crippen LogP contribution in [0.15, 0.2) is 73.1 Å². The van der Waals surface area contributed by atoms with Gasteiger partial charge >= 0.3 is 5.97 Å². The summed E-state index contributed by atoms with van der Waals surface area (Å²) >= 11 is 0. The largest absolute Gasteiger partial charge is 0.496 e. The average Bonchev–Trinajstić information content (AvgIpc) is 3.02. The van der Waals surface area contributed by atoms with Crippen LogP contribution in [0.25, 0.3) is 11.1 Å². The van der Waals surface area contributed by atoms with Crippen molar-refractivity contribution in [3.63, 3.8) is 0 Å². The fraction of sp³-hybridized carbons (Fsp3) is 0.219. The van der Waals surface area contributed by atoms with E-state index in [1.54, 1.807) is 62.3 Å². The average molecular weight is 599 g/mol. The number of fused-ring (bicyclic) bond motifs is 1. The van der Waals surface area contributed by atoms with E-state index >= 15 is 0 Å². The van der Waals surface area contributed by atoms with Crippen molar-refractivity contribution in [3.05, 3.63) is 94.3 Å². The Kier molecular flexibility index (Phi) is 8.08. The minimum Gasteiger partial charge on any atom is -0.496 e. The number of rotatable bonds is 9. The van der Waals surface area contributed by atoms with Gasteiger partial charge in [-0.2, -0.15) is 0 Å². The molecule has 0 saturated heterocycles. The number of ether oxygens (including phenoxy) is 4. The van der Waals surface area contributed by atoms with Gasteiger partial charge in [-0.05, 0) is 55.8 Å². The summed E-state index contributed by atoms with van der Waals surface area (Å²) in [5.41, 5.74) is 2.45. The number of carbonyl (C=O) groups excluding carboxylic acids is 2. The summed E-state index contributed by atoms with van der Waals surface area (Å²) in [6, 6.07) is 16.0. The Labute approximate surface area is 253 Å². The van der Waals surface area contributed by atoms with Gasteiger partial charge < -0.3 is 29.2 Å². The third-order valence-electron chi connectivity index (χ3n) is 7.21. The van der Waals surface area contributed by atoms with E-state index in [1.807, 2.05) is 12.1 Å². The van der Waals surface area contributed by atoms with Gasteiger partial charge in [0.15, 0.2) is 11.5 Å². The van der Waals surface area contributed by atoms with Gasteiger partial charge in [-0.25, -0.2) is 4.79 Å². The summed E-state index contributed by atoms with van der Waals surface area (Å²) in [6.07, 6.45) is 2.97. The zero-order chi connectivity index (χ0) is 31.6. The standard InChI is InChI=1S/C32H30N4O8/c1-32(2)31(38)35(3)29-24(18-43-28-15-20(36(39)40)8-13-26(28)41-4)22(11-12-25(29)34-32)23-10-9-21(16-27(23)42-5)44-30(37)19-7-6-14-33-17-19/h6-17,34H,18H2,1-5H3. The number of aromatic nitrogens is 1. The van der Waals surface area contributed by atoms with Crippen LogP contribution in [0.4, 0.5) is 17.1 Å². The molecule has 0 radical (unpaired) electrons. The minimum absolute atomic E-state index is 0.0866. The lowest BCUT2D eigenvalue weighted by Crippen LogP contribution is -2.52. The van der Waals surface area contributed by atoms with Crippen LogP contribution >= 0.6 is 0 Å². The number of likely N-dealkylation sites (N-methyl/N-ethyl adjacent to an activating group) is 1. The molecule has 4 aromatic rings. The Morgan fingerprint density at radius 3 is 2.43 bits per heavy atom. The number of esters is 1. The second kappa shape index (κ2) is 11.9. The first-order chi connectivity index (χ1) is 21.0. The molecule has 2 heterocycles. The fourth-order valence-electron chi connectivity index (χ4n) is 5.08. The van der Waals surface area contributed by atoms with E-state index in [4.69, 9.17) is 18.9 Å². The Morgan fingerprint density at radius 1 is 1.00 bits per heavy atom. The highest BCUT2D eigenvalue weighted by molar-refractivity contribution is 6.08. The first-order valence-corrected chi connectivity index (χ1v) is 13.5. The fourth-order valence-corrected chi connectivity index (χ4v) is 5.08. The van der Waals surface area contributed by atoms with Gasteiger partial charge in [0.05, 0.1) is 42.1 Å². The highest BCUT2D eigenvalue weighted by Crippen LogP contribution is 2.45. The molecule has 1 aliphatic heterocycles. The second-order valence-electron chi connectivity index (χ2n) is 10.5. The number of anilines is 2. The molecule has 0 spiro atoms. The van der Waals surface area contributed by atoms with Crippen LogP contribution in [-0.2, 0) is 11.4 Å². The van der Waals surface area contributed by atoms with Gasteiger partial charge in [0.1, 0.15) is 23.6 Å². The molecule has 0 fully saturated rings. The quantitative estimate of drug-likeness (QED) is 0.111. The number of nitrogens with zero attached hydrogens (tertiary/aromatic N) is 3. The van der Waals surface area contributed by atoms with E-state index in [9.17, 15) is 19.7 Å². The van der Waals surface area contributed by atoms with Crippen molar-refractivity contribution in [2.45, 2.75) is 26.0 Å². The normalized spacial score (nSPS) is 13.4. The van der Waals surface area contributed by atoms with Crippen molar-refractivity contribution in [1.82, 2.24) is 4.98 Å². The van der Waals surface area contributed by atoms with Crippen molar-refractivity contribution < 1.29 is 33.5 Å². The number of hydrogen-bond donors (Lipinski definition) is 1. The number of nitrogens with one attached hydrogen (secondary N) is 1. The predicted octanol–water partition coefficient (Wildman–Crippen LogP) is 5.64. The maximum Gasteiger partial charge on any atom is 0.345 e. The van der Waals surface area contributed by atoms with E-state index < -0.39 is 16.4 Å². The Balaban J connectivity index is 1.59. The van der Waals surface area contributed by atoms with Crippen molar-refractivity contribution in [2.75, 3.05) is 31.5 Å². The number of nitro benzene ring substituents is 1. The smallest absolute Gasteiger partial charge is 0.345 e. The number of benzene rings is 3. The Morgan fingerprint density at radius 2 is 1.75 bits per heavy atom. The molecule has 0 unspecified atom stereocenters. The Hall–Kier alpha value is -5.65. The number of non-ortho nitro benzene ring substituents is 1. The summed E-state index contributed by atoms with van der Waals surface area (Å²) < 4.78 is 22.8. The van der Waals surface area contributed by atoms with Crippen LogP contribution in [0.5, 0.6) is 23.0 Å². The summed E-state index contributed by atoms with van der Waals surface area (Å²) in [5, 5.41) is 14.8. The van der Waals surface area contributed by atoms with E-state index in [1.165, 1.54) is 38.6 Å². The summed E-state index contributed by atoms with van der Waals surface area (Å²) in [6.45, 7) is 3.50. The Bertz CT molecular complexity index is 1760. The molecule has 12 nitrogen and oxygen atoms in total. The maximum absolute atomic E-state index is 13.3. The first kappa shape index (κ1) is 29.8. The van der Waals surface area contributed by atoms with E-state index in [2.05, 4.69) is 10.3 Å². The van der Waals surface area contributed by atoms with Crippen molar-refractivity contribution in [2.24, 2.45) is 0 Å². The van der Waals surface area contributed by atoms with Crippen molar-refractivity contribution in [1.29, 1.82) is 0 Å². The number of carbonyl (C=O) groups is 2. The summed E-state index contributed by atoms with van der Waals surface area (Å²) in [4.78, 5) is 42.4. The van der Waals surface area contributed by atoms with Gasteiger partial charge in [0.25, 0.3) is 11.6 Å². The molecule has 0 aliphatic carbocycles. The predicted molar refractivity (Wildman–Crippen MR) is 163 cm³/mol. The number of amides is 1. The molecule has 0 atom stereocenters. The van der Waals surface area contributed by atoms with E-state index in [0.29, 0.717) is 45.1 Å².